The molecule has 2 aromatic carbocycles. The van der Waals surface area contributed by atoms with E-state index in [1.807, 2.05) is 66.2 Å². The maximum atomic E-state index is 10.6. The minimum absolute atomic E-state index is 0.197. The monoisotopic (exact) mass is 451 g/mol. The highest BCUT2D eigenvalue weighted by Crippen LogP contribution is 2.32. The van der Waals surface area contributed by atoms with Gasteiger partial charge in [-0.3, -0.25) is 4.90 Å². The van der Waals surface area contributed by atoms with Gasteiger partial charge in [0.25, 0.3) is 0 Å². The lowest BCUT2D eigenvalue weighted by molar-refractivity contribution is 0.0678. The normalized spacial score (nSPS) is 12.5. The first-order valence-electron chi connectivity index (χ1n) is 11.6. The maximum absolute atomic E-state index is 10.6. The summed E-state index contributed by atoms with van der Waals surface area (Å²) >= 11 is 0. The van der Waals surface area contributed by atoms with Gasteiger partial charge >= 0.3 is 0 Å². The molecule has 1 aromatic heterocycles. The summed E-state index contributed by atoms with van der Waals surface area (Å²) in [6, 6.07) is 17.6. The first-order valence-corrected chi connectivity index (χ1v) is 11.6. The zero-order valence-corrected chi connectivity index (χ0v) is 20.7. The molecule has 3 aromatic rings. The second kappa shape index (κ2) is 11.3. The number of benzene rings is 2. The fourth-order valence-corrected chi connectivity index (χ4v) is 3.74. The summed E-state index contributed by atoms with van der Waals surface area (Å²) in [5, 5.41) is 15.4. The fourth-order valence-electron chi connectivity index (χ4n) is 3.74. The Morgan fingerprint density at radius 1 is 0.939 bits per heavy atom. The van der Waals surface area contributed by atoms with Gasteiger partial charge in [0, 0.05) is 19.6 Å². The van der Waals surface area contributed by atoms with Crippen molar-refractivity contribution >= 4 is 0 Å². The smallest absolute Gasteiger partial charge is 0.227 e. The van der Waals surface area contributed by atoms with Gasteiger partial charge in [0.1, 0.15) is 11.5 Å². The van der Waals surface area contributed by atoms with Gasteiger partial charge in [-0.25, -0.2) is 4.68 Å². The minimum atomic E-state index is -0.390. The van der Waals surface area contributed by atoms with Crippen LogP contribution in [-0.2, 0) is 6.54 Å². The SMILES string of the molecule is COc1ccc(Oc2c(CN(CC(C)C)CC(O)C(C)C)c(C)nn2-c2ccccc2)cc1. The molecule has 33 heavy (non-hydrogen) atoms. The van der Waals surface area contributed by atoms with Gasteiger partial charge in [-0.05, 0) is 55.2 Å². The summed E-state index contributed by atoms with van der Waals surface area (Å²) in [6.07, 6.45) is -0.390. The van der Waals surface area contributed by atoms with E-state index in [4.69, 9.17) is 14.6 Å². The zero-order valence-electron chi connectivity index (χ0n) is 20.7. The van der Waals surface area contributed by atoms with Crippen molar-refractivity contribution in [3.05, 3.63) is 65.9 Å². The van der Waals surface area contributed by atoms with Crippen molar-refractivity contribution in [3.8, 4) is 23.1 Å². The Morgan fingerprint density at radius 2 is 1.58 bits per heavy atom. The van der Waals surface area contributed by atoms with E-state index in [1.54, 1.807) is 7.11 Å². The Kier molecular flexibility index (Phi) is 8.53. The molecule has 0 amide bonds. The van der Waals surface area contributed by atoms with Gasteiger partial charge in [0.15, 0.2) is 0 Å². The van der Waals surface area contributed by atoms with Crippen LogP contribution in [0.15, 0.2) is 54.6 Å². The second-order valence-corrected chi connectivity index (χ2v) is 9.29. The number of aryl methyl sites for hydroxylation is 1. The molecule has 0 bridgehead atoms. The van der Waals surface area contributed by atoms with Crippen molar-refractivity contribution in [3.63, 3.8) is 0 Å². The van der Waals surface area contributed by atoms with Crippen LogP contribution in [0, 0.1) is 18.8 Å². The lowest BCUT2D eigenvalue weighted by Gasteiger charge is -2.28. The lowest BCUT2D eigenvalue weighted by atomic mass is 10.1. The molecular weight excluding hydrogens is 414 g/mol. The molecule has 1 atom stereocenters. The number of nitrogens with zero attached hydrogens (tertiary/aromatic N) is 3. The summed E-state index contributed by atoms with van der Waals surface area (Å²) in [5.41, 5.74) is 2.87. The third-order valence-electron chi connectivity index (χ3n) is 5.63. The van der Waals surface area contributed by atoms with Gasteiger partial charge in [-0.2, -0.15) is 5.10 Å². The molecule has 0 saturated heterocycles. The highest BCUT2D eigenvalue weighted by atomic mass is 16.5. The maximum Gasteiger partial charge on any atom is 0.227 e. The van der Waals surface area contributed by atoms with Crippen LogP contribution in [0.25, 0.3) is 5.69 Å². The van der Waals surface area contributed by atoms with Crippen LogP contribution >= 0.6 is 0 Å². The molecule has 0 aliphatic heterocycles. The first-order chi connectivity index (χ1) is 15.8. The third kappa shape index (κ3) is 6.59. The van der Waals surface area contributed by atoms with Crippen LogP contribution in [0.4, 0.5) is 0 Å². The molecule has 0 fully saturated rings. The highest BCUT2D eigenvalue weighted by molar-refractivity contribution is 5.44. The molecule has 3 rings (SSSR count). The van der Waals surface area contributed by atoms with Crippen LogP contribution in [-0.4, -0.2) is 46.1 Å². The molecule has 0 spiro atoms. The molecule has 0 aliphatic rings. The summed E-state index contributed by atoms with van der Waals surface area (Å²) in [7, 11) is 1.65. The largest absolute Gasteiger partial charge is 0.497 e. The van der Waals surface area contributed by atoms with Crippen LogP contribution < -0.4 is 9.47 Å². The van der Waals surface area contributed by atoms with Gasteiger partial charge in [0.2, 0.25) is 5.88 Å². The topological polar surface area (TPSA) is 59.8 Å². The van der Waals surface area contributed by atoms with Crippen LogP contribution in [0.2, 0.25) is 0 Å². The molecule has 178 valence electrons. The summed E-state index contributed by atoms with van der Waals surface area (Å²) in [4.78, 5) is 2.30. The standard InChI is InChI=1S/C27H37N3O3/c1-19(2)16-29(18-26(31)20(3)4)17-25-21(5)28-30(22-10-8-7-9-11-22)27(25)33-24-14-12-23(32-6)13-15-24/h7-15,19-20,26,31H,16-18H2,1-6H3. The van der Waals surface area contributed by atoms with E-state index in [-0.39, 0.29) is 12.0 Å². The Morgan fingerprint density at radius 3 is 2.15 bits per heavy atom. The van der Waals surface area contributed by atoms with E-state index in [1.165, 1.54) is 0 Å². The molecule has 1 heterocycles. The number of ether oxygens (including phenoxy) is 2. The van der Waals surface area contributed by atoms with E-state index >= 15 is 0 Å². The number of methoxy groups -OCH3 is 1. The van der Waals surface area contributed by atoms with E-state index in [0.29, 0.717) is 30.6 Å². The molecule has 1 unspecified atom stereocenters. The zero-order chi connectivity index (χ0) is 24.0. The van der Waals surface area contributed by atoms with Crippen molar-refractivity contribution < 1.29 is 14.6 Å². The van der Waals surface area contributed by atoms with Crippen molar-refractivity contribution in [1.29, 1.82) is 0 Å². The Balaban J connectivity index is 2.00. The van der Waals surface area contributed by atoms with Gasteiger partial charge in [0.05, 0.1) is 30.2 Å². The van der Waals surface area contributed by atoms with Crippen molar-refractivity contribution in [1.82, 2.24) is 14.7 Å². The quantitative estimate of drug-likeness (QED) is 0.420. The predicted octanol–water partition coefficient (Wildman–Crippen LogP) is 5.46. The molecule has 6 nitrogen and oxygen atoms in total. The average Bonchev–Trinajstić information content (AvgIpc) is 3.09. The van der Waals surface area contributed by atoms with Gasteiger partial charge in [-0.15, -0.1) is 0 Å². The van der Waals surface area contributed by atoms with Gasteiger partial charge < -0.3 is 14.6 Å². The Hall–Kier alpha value is -2.83. The van der Waals surface area contributed by atoms with Crippen LogP contribution in [0.1, 0.15) is 39.0 Å². The molecule has 0 aliphatic carbocycles. The third-order valence-corrected chi connectivity index (χ3v) is 5.63. The van der Waals surface area contributed by atoms with E-state index in [2.05, 4.69) is 32.6 Å². The fraction of sp³-hybridized carbons (Fsp3) is 0.444. The van der Waals surface area contributed by atoms with Crippen LogP contribution in [0.3, 0.4) is 0 Å². The summed E-state index contributed by atoms with van der Waals surface area (Å²) < 4.78 is 13.6. The number of aromatic nitrogens is 2. The van der Waals surface area contributed by atoms with Crippen molar-refractivity contribution in [2.24, 2.45) is 11.8 Å². The van der Waals surface area contributed by atoms with E-state index in [0.717, 1.165) is 29.2 Å². The molecule has 6 heteroatoms. The number of hydrogen-bond acceptors (Lipinski definition) is 5. The van der Waals surface area contributed by atoms with E-state index in [9.17, 15) is 5.11 Å². The predicted molar refractivity (Wildman–Crippen MR) is 132 cm³/mol. The molecule has 0 saturated carbocycles. The molecular formula is C27H37N3O3. The molecule has 1 N–H and O–H groups in total. The summed E-state index contributed by atoms with van der Waals surface area (Å²) in [5.74, 6) is 2.85. The first kappa shape index (κ1) is 24.8. The van der Waals surface area contributed by atoms with Crippen molar-refractivity contribution in [2.45, 2.75) is 47.3 Å². The Labute approximate surface area is 197 Å². The van der Waals surface area contributed by atoms with Crippen molar-refractivity contribution in [2.75, 3.05) is 20.2 Å². The lowest BCUT2D eigenvalue weighted by Crippen LogP contribution is -2.37. The highest BCUT2D eigenvalue weighted by Gasteiger charge is 2.23. The number of para-hydroxylation sites is 1. The minimum Gasteiger partial charge on any atom is -0.497 e. The Bertz CT molecular complexity index is 997. The number of rotatable bonds is 11. The number of aliphatic hydroxyl groups is 1. The van der Waals surface area contributed by atoms with E-state index < -0.39 is 0 Å². The average molecular weight is 452 g/mol. The second-order valence-electron chi connectivity index (χ2n) is 9.29. The van der Waals surface area contributed by atoms with Crippen LogP contribution in [0.5, 0.6) is 17.4 Å². The number of aliphatic hydroxyl groups excluding tert-OH is 1. The molecule has 0 radical (unpaired) electrons. The summed E-state index contributed by atoms with van der Waals surface area (Å²) in [6.45, 7) is 12.6. The van der Waals surface area contributed by atoms with Gasteiger partial charge in [-0.1, -0.05) is 45.9 Å². The number of hydrogen-bond donors (Lipinski definition) is 1.